The van der Waals surface area contributed by atoms with Crippen LogP contribution < -0.4 is 0 Å². The molecule has 1 heterocycles. The van der Waals surface area contributed by atoms with Gasteiger partial charge in [0.25, 0.3) is 0 Å². The first-order valence-corrected chi connectivity index (χ1v) is 4.06. The summed E-state index contributed by atoms with van der Waals surface area (Å²) in [6.07, 6.45) is 0. The molecule has 2 rings (SSSR count). The molecule has 4 heteroatoms. The van der Waals surface area contributed by atoms with Gasteiger partial charge in [0.15, 0.2) is 0 Å². The van der Waals surface area contributed by atoms with E-state index in [1.807, 2.05) is 30.3 Å². The van der Waals surface area contributed by atoms with Gasteiger partial charge < -0.3 is 0 Å². The minimum atomic E-state index is -0.246. The van der Waals surface area contributed by atoms with Crippen LogP contribution in [0.5, 0.6) is 0 Å². The van der Waals surface area contributed by atoms with Crippen molar-refractivity contribution in [2.24, 2.45) is 10.2 Å². The standard InChI is InChI=1S/C9H9N3O/c13-9-11-10-7-12(9)6-8-4-2-1-3-5-8/h1-5H,6-7H2. The van der Waals surface area contributed by atoms with E-state index in [1.54, 1.807) is 4.90 Å². The number of nitrogens with zero attached hydrogens (tertiary/aromatic N) is 3. The lowest BCUT2D eigenvalue weighted by Gasteiger charge is -2.11. The second-order valence-corrected chi connectivity index (χ2v) is 2.85. The average molecular weight is 175 g/mol. The molecule has 0 saturated carbocycles. The van der Waals surface area contributed by atoms with Crippen molar-refractivity contribution in [1.29, 1.82) is 0 Å². The van der Waals surface area contributed by atoms with Gasteiger partial charge >= 0.3 is 6.03 Å². The normalized spacial score (nSPS) is 15.4. The van der Waals surface area contributed by atoms with E-state index < -0.39 is 0 Å². The molecule has 0 bridgehead atoms. The number of benzene rings is 1. The molecule has 0 saturated heterocycles. The molecule has 0 N–H and O–H groups in total. The molecule has 0 atom stereocenters. The number of carbonyl (C=O) groups excluding carboxylic acids is 1. The van der Waals surface area contributed by atoms with Crippen molar-refractivity contribution >= 4 is 6.03 Å². The topological polar surface area (TPSA) is 45.0 Å². The van der Waals surface area contributed by atoms with Gasteiger partial charge in [0, 0.05) is 6.54 Å². The van der Waals surface area contributed by atoms with E-state index in [0.29, 0.717) is 13.2 Å². The molecule has 66 valence electrons. The Labute approximate surface area is 75.9 Å². The van der Waals surface area contributed by atoms with Crippen molar-refractivity contribution in [3.8, 4) is 0 Å². The Morgan fingerprint density at radius 1 is 1.31 bits per heavy atom. The predicted octanol–water partition coefficient (Wildman–Crippen LogP) is 2.03. The second kappa shape index (κ2) is 3.35. The molecule has 0 unspecified atom stereocenters. The summed E-state index contributed by atoms with van der Waals surface area (Å²) in [7, 11) is 0. The number of hydrogen-bond acceptors (Lipinski definition) is 2. The van der Waals surface area contributed by atoms with Gasteiger partial charge in [0.05, 0.1) is 0 Å². The maximum atomic E-state index is 11.0. The van der Waals surface area contributed by atoms with Crippen LogP contribution in [0.25, 0.3) is 0 Å². The zero-order valence-electron chi connectivity index (χ0n) is 7.05. The molecule has 4 nitrogen and oxygen atoms in total. The number of azo groups is 1. The van der Waals surface area contributed by atoms with Crippen molar-refractivity contribution in [2.75, 3.05) is 6.67 Å². The highest BCUT2D eigenvalue weighted by Crippen LogP contribution is 2.09. The number of carbonyl (C=O) groups is 1. The third kappa shape index (κ3) is 1.72. The Morgan fingerprint density at radius 2 is 2.08 bits per heavy atom. The van der Waals surface area contributed by atoms with Crippen LogP contribution in [0.15, 0.2) is 40.6 Å². The molecule has 2 amide bonds. The molecule has 0 spiro atoms. The van der Waals surface area contributed by atoms with E-state index in [4.69, 9.17) is 0 Å². The molecule has 1 aromatic rings. The Kier molecular flexibility index (Phi) is 2.04. The highest BCUT2D eigenvalue weighted by Gasteiger charge is 2.17. The van der Waals surface area contributed by atoms with Gasteiger partial charge in [-0.2, -0.15) is 5.11 Å². The monoisotopic (exact) mass is 175 g/mol. The molecular weight excluding hydrogens is 166 g/mol. The molecule has 1 aliphatic heterocycles. The van der Waals surface area contributed by atoms with Gasteiger partial charge in [-0.25, -0.2) is 4.79 Å². The largest absolute Gasteiger partial charge is 0.363 e. The molecule has 1 aromatic carbocycles. The minimum absolute atomic E-state index is 0.246. The zero-order valence-corrected chi connectivity index (χ0v) is 7.05. The summed E-state index contributed by atoms with van der Waals surface area (Å²) in [5.74, 6) is 0. The Hall–Kier alpha value is -1.71. The quantitative estimate of drug-likeness (QED) is 0.678. The van der Waals surface area contributed by atoms with Gasteiger partial charge in [-0.3, -0.25) is 4.90 Å². The molecule has 0 aromatic heterocycles. The van der Waals surface area contributed by atoms with Crippen LogP contribution >= 0.6 is 0 Å². The Morgan fingerprint density at radius 3 is 2.69 bits per heavy atom. The highest BCUT2D eigenvalue weighted by atomic mass is 16.2. The molecule has 0 radical (unpaired) electrons. The van der Waals surface area contributed by atoms with Gasteiger partial charge in [-0.1, -0.05) is 35.4 Å². The summed E-state index contributed by atoms with van der Waals surface area (Å²) in [6.45, 7) is 0.973. The van der Waals surface area contributed by atoms with E-state index in [0.717, 1.165) is 5.56 Å². The fourth-order valence-corrected chi connectivity index (χ4v) is 1.21. The summed E-state index contributed by atoms with van der Waals surface area (Å²) >= 11 is 0. The van der Waals surface area contributed by atoms with Crippen LogP contribution in [0.1, 0.15) is 5.56 Å². The molecule has 0 aliphatic carbocycles. The maximum absolute atomic E-state index is 11.0. The number of rotatable bonds is 2. The number of urea groups is 1. The van der Waals surface area contributed by atoms with Gasteiger partial charge in [0.2, 0.25) is 0 Å². The molecular formula is C9H9N3O. The third-order valence-electron chi connectivity index (χ3n) is 1.88. The number of amides is 2. The van der Waals surface area contributed by atoms with Crippen molar-refractivity contribution in [3.05, 3.63) is 35.9 Å². The minimum Gasteiger partial charge on any atom is -0.296 e. The smallest absolute Gasteiger partial charge is 0.296 e. The molecule has 0 fully saturated rings. The summed E-state index contributed by atoms with van der Waals surface area (Å²) in [4.78, 5) is 12.6. The van der Waals surface area contributed by atoms with Crippen molar-refractivity contribution in [3.63, 3.8) is 0 Å². The van der Waals surface area contributed by atoms with Crippen LogP contribution in [0, 0.1) is 0 Å². The molecule has 1 aliphatic rings. The summed E-state index contributed by atoms with van der Waals surface area (Å²) in [5, 5.41) is 7.07. The van der Waals surface area contributed by atoms with Crippen molar-refractivity contribution in [2.45, 2.75) is 6.54 Å². The van der Waals surface area contributed by atoms with Crippen molar-refractivity contribution < 1.29 is 4.79 Å². The first-order valence-electron chi connectivity index (χ1n) is 4.06. The Balaban J connectivity index is 2.03. The third-order valence-corrected chi connectivity index (χ3v) is 1.88. The summed E-state index contributed by atoms with van der Waals surface area (Å²) in [6, 6.07) is 9.55. The van der Waals surface area contributed by atoms with Crippen LogP contribution in [-0.4, -0.2) is 17.6 Å². The summed E-state index contributed by atoms with van der Waals surface area (Å²) in [5.41, 5.74) is 1.10. The lowest BCUT2D eigenvalue weighted by molar-refractivity contribution is 0.216. The van der Waals surface area contributed by atoms with E-state index in [2.05, 4.69) is 10.2 Å². The van der Waals surface area contributed by atoms with Crippen molar-refractivity contribution in [1.82, 2.24) is 4.90 Å². The SMILES string of the molecule is O=C1N=NCN1Cc1ccccc1. The van der Waals surface area contributed by atoms with Crippen LogP contribution in [0.4, 0.5) is 4.79 Å². The zero-order chi connectivity index (χ0) is 9.10. The maximum Gasteiger partial charge on any atom is 0.363 e. The fourth-order valence-electron chi connectivity index (χ4n) is 1.21. The van der Waals surface area contributed by atoms with E-state index in [9.17, 15) is 4.79 Å². The molecule has 13 heavy (non-hydrogen) atoms. The van der Waals surface area contributed by atoms with Gasteiger partial charge in [-0.15, -0.1) is 0 Å². The first kappa shape index (κ1) is 7.91. The van der Waals surface area contributed by atoms with E-state index in [1.165, 1.54) is 0 Å². The summed E-state index contributed by atoms with van der Waals surface area (Å²) < 4.78 is 0. The highest BCUT2D eigenvalue weighted by molar-refractivity contribution is 5.75. The Bertz CT molecular complexity index is 334. The lowest BCUT2D eigenvalue weighted by Crippen LogP contribution is -2.23. The first-order chi connectivity index (χ1) is 6.36. The van der Waals surface area contributed by atoms with Crippen LogP contribution in [-0.2, 0) is 6.54 Å². The van der Waals surface area contributed by atoms with Crippen LogP contribution in [0.3, 0.4) is 0 Å². The fraction of sp³-hybridized carbons (Fsp3) is 0.222. The van der Waals surface area contributed by atoms with E-state index >= 15 is 0 Å². The van der Waals surface area contributed by atoms with E-state index in [-0.39, 0.29) is 6.03 Å². The second-order valence-electron chi connectivity index (χ2n) is 2.85. The number of hydrogen-bond donors (Lipinski definition) is 0. The van der Waals surface area contributed by atoms with Gasteiger partial charge in [-0.05, 0) is 5.56 Å². The lowest BCUT2D eigenvalue weighted by atomic mass is 10.2. The van der Waals surface area contributed by atoms with Gasteiger partial charge in [0.1, 0.15) is 6.67 Å². The average Bonchev–Trinajstić information content (AvgIpc) is 2.54. The van der Waals surface area contributed by atoms with Crippen LogP contribution in [0.2, 0.25) is 0 Å². The predicted molar refractivity (Wildman–Crippen MR) is 47.1 cm³/mol.